The Morgan fingerprint density at radius 2 is 1.74 bits per heavy atom. The number of aromatic nitrogens is 2. The fourth-order valence-corrected chi connectivity index (χ4v) is 3.64. The minimum atomic E-state index is -5.10. The molecule has 1 aliphatic heterocycles. The van der Waals surface area contributed by atoms with Crippen molar-refractivity contribution in [1.82, 2.24) is 20.2 Å². The van der Waals surface area contributed by atoms with Gasteiger partial charge in [0.15, 0.2) is 15.6 Å². The van der Waals surface area contributed by atoms with Crippen LogP contribution in [0.3, 0.4) is 0 Å². The molecule has 1 saturated heterocycles. The molecule has 2 N–H and O–H groups in total. The summed E-state index contributed by atoms with van der Waals surface area (Å²) in [7, 11) is -3.27. The van der Waals surface area contributed by atoms with Crippen molar-refractivity contribution in [3.05, 3.63) is 42.2 Å². The van der Waals surface area contributed by atoms with Crippen LogP contribution in [0, 0.1) is 0 Å². The first kappa shape index (κ1) is 25.0. The number of benzene rings is 1. The number of amides is 1. The van der Waals surface area contributed by atoms with E-state index in [2.05, 4.69) is 15.1 Å². The maximum Gasteiger partial charge on any atom is 0.471 e. The number of nitrogens with one attached hydrogen (secondary N) is 1. The number of sulfone groups is 1. The Morgan fingerprint density at radius 1 is 1.15 bits per heavy atom. The van der Waals surface area contributed by atoms with Gasteiger partial charge in [0.05, 0.1) is 17.3 Å². The molecule has 1 aliphatic rings. The SMILES string of the molecule is CS(=O)(=O)c1ccc(COc2cnc(N3CCN(/C(=N/O)NC(=O)C(F)(F)F)CC3)nc2)cc1. The predicted octanol–water partition coefficient (Wildman–Crippen LogP) is 1.00. The zero-order chi connectivity index (χ0) is 24.9. The van der Waals surface area contributed by atoms with Gasteiger partial charge in [0, 0.05) is 32.4 Å². The zero-order valence-electron chi connectivity index (χ0n) is 17.9. The molecule has 2 aromatic rings. The van der Waals surface area contributed by atoms with Crippen molar-refractivity contribution >= 4 is 27.7 Å². The Bertz CT molecular complexity index is 1130. The Balaban J connectivity index is 1.51. The molecule has 1 aromatic heterocycles. The number of rotatable bonds is 5. The van der Waals surface area contributed by atoms with Crippen LogP contribution in [0.15, 0.2) is 46.7 Å². The van der Waals surface area contributed by atoms with Gasteiger partial charge in [0.25, 0.3) is 0 Å². The molecule has 1 aromatic carbocycles. The summed E-state index contributed by atoms with van der Waals surface area (Å²) < 4.78 is 65.9. The first-order valence-electron chi connectivity index (χ1n) is 9.81. The third-order valence-corrected chi connectivity index (χ3v) is 5.94. The smallest absolute Gasteiger partial charge is 0.471 e. The summed E-state index contributed by atoms with van der Waals surface area (Å²) in [6.45, 7) is 1.09. The Kier molecular flexibility index (Phi) is 7.44. The van der Waals surface area contributed by atoms with E-state index in [0.717, 1.165) is 11.8 Å². The van der Waals surface area contributed by atoms with Crippen LogP contribution < -0.4 is 15.0 Å². The van der Waals surface area contributed by atoms with Crippen LogP contribution in [-0.4, -0.2) is 79.0 Å². The number of carbonyl (C=O) groups excluding carboxylic acids is 1. The largest absolute Gasteiger partial charge is 0.486 e. The lowest BCUT2D eigenvalue weighted by Crippen LogP contribution is -2.55. The second-order valence-corrected chi connectivity index (χ2v) is 9.29. The van der Waals surface area contributed by atoms with Crippen LogP contribution in [0.4, 0.5) is 19.1 Å². The number of ether oxygens (including phenoxy) is 1. The van der Waals surface area contributed by atoms with Crippen LogP contribution >= 0.6 is 0 Å². The third-order valence-electron chi connectivity index (χ3n) is 4.81. The van der Waals surface area contributed by atoms with Gasteiger partial charge < -0.3 is 19.7 Å². The fraction of sp³-hybridized carbons (Fsp3) is 0.368. The molecule has 0 radical (unpaired) electrons. The number of anilines is 1. The quantitative estimate of drug-likeness (QED) is 0.266. The average molecular weight is 502 g/mol. The highest BCUT2D eigenvalue weighted by Crippen LogP contribution is 2.18. The molecule has 34 heavy (non-hydrogen) atoms. The molecule has 11 nitrogen and oxygen atoms in total. The van der Waals surface area contributed by atoms with E-state index >= 15 is 0 Å². The van der Waals surface area contributed by atoms with Gasteiger partial charge in [0.1, 0.15) is 6.61 Å². The summed E-state index contributed by atoms with van der Waals surface area (Å²) in [5.74, 6) is -2.06. The molecule has 0 saturated carbocycles. The van der Waals surface area contributed by atoms with Gasteiger partial charge in [-0.05, 0) is 17.7 Å². The van der Waals surface area contributed by atoms with Gasteiger partial charge in [-0.1, -0.05) is 17.3 Å². The molecule has 1 fully saturated rings. The summed E-state index contributed by atoms with van der Waals surface area (Å²) in [5.41, 5.74) is 0.756. The van der Waals surface area contributed by atoms with Crippen LogP contribution in [0.5, 0.6) is 5.75 Å². The lowest BCUT2D eigenvalue weighted by molar-refractivity contribution is -0.172. The average Bonchev–Trinajstić information content (AvgIpc) is 2.80. The highest BCUT2D eigenvalue weighted by Gasteiger charge is 2.40. The lowest BCUT2D eigenvalue weighted by Gasteiger charge is -2.35. The summed E-state index contributed by atoms with van der Waals surface area (Å²) >= 11 is 0. The standard InChI is InChI=1S/C19H21F3N6O5S/c1-34(31,32)15-4-2-13(3-5-15)12-33-14-10-23-17(24-11-14)27-6-8-28(9-7-27)18(26-30)25-16(29)19(20,21)22/h2-5,10-11,30H,6-9,12H2,1H3,(H,25,26,29). The van der Waals surface area contributed by atoms with Crippen molar-refractivity contribution in [1.29, 1.82) is 0 Å². The normalized spacial score (nSPS) is 15.2. The van der Waals surface area contributed by atoms with E-state index in [9.17, 15) is 26.4 Å². The summed E-state index contributed by atoms with van der Waals surface area (Å²) in [6.07, 6.45) is -1.05. The van der Waals surface area contributed by atoms with Gasteiger partial charge in [-0.15, -0.1) is 0 Å². The molecular formula is C19H21F3N6O5S. The molecule has 0 aliphatic carbocycles. The highest BCUT2D eigenvalue weighted by atomic mass is 32.2. The van der Waals surface area contributed by atoms with Crippen LogP contribution in [-0.2, 0) is 21.2 Å². The maximum atomic E-state index is 12.4. The fourth-order valence-electron chi connectivity index (χ4n) is 3.00. The first-order valence-corrected chi connectivity index (χ1v) is 11.7. The summed E-state index contributed by atoms with van der Waals surface area (Å²) in [6, 6.07) is 6.28. The second-order valence-electron chi connectivity index (χ2n) is 7.27. The van der Waals surface area contributed by atoms with Crippen LogP contribution in [0.25, 0.3) is 0 Å². The molecule has 0 unspecified atom stereocenters. The number of oxime groups is 1. The summed E-state index contributed by atoms with van der Waals surface area (Å²) in [5, 5.41) is 13.3. The van der Waals surface area contributed by atoms with Gasteiger partial charge in [-0.3, -0.25) is 10.1 Å². The molecular weight excluding hydrogens is 481 g/mol. The first-order chi connectivity index (χ1) is 16.0. The Morgan fingerprint density at radius 3 is 2.24 bits per heavy atom. The van der Waals surface area contributed by atoms with Crippen molar-refractivity contribution < 1.29 is 36.3 Å². The van der Waals surface area contributed by atoms with Crippen molar-refractivity contribution in [3.8, 4) is 5.75 Å². The lowest BCUT2D eigenvalue weighted by atomic mass is 10.2. The predicted molar refractivity (Wildman–Crippen MR) is 113 cm³/mol. The molecule has 0 atom stereocenters. The molecule has 2 heterocycles. The van der Waals surface area contributed by atoms with Crippen molar-refractivity contribution in [2.45, 2.75) is 17.7 Å². The Labute approximate surface area is 192 Å². The zero-order valence-corrected chi connectivity index (χ0v) is 18.7. The van der Waals surface area contributed by atoms with Crippen molar-refractivity contribution in [2.24, 2.45) is 5.16 Å². The van der Waals surface area contributed by atoms with Crippen LogP contribution in [0.2, 0.25) is 0 Å². The molecule has 3 rings (SSSR count). The number of carbonyl (C=O) groups is 1. The van der Waals surface area contributed by atoms with E-state index in [1.54, 1.807) is 22.3 Å². The van der Waals surface area contributed by atoms with E-state index in [1.165, 1.54) is 29.4 Å². The number of hydrogen-bond acceptors (Lipinski definition) is 9. The van der Waals surface area contributed by atoms with Crippen molar-refractivity contribution in [3.63, 3.8) is 0 Å². The number of piperazine rings is 1. The van der Waals surface area contributed by atoms with E-state index in [1.807, 2.05) is 0 Å². The van der Waals surface area contributed by atoms with Gasteiger partial charge in [-0.2, -0.15) is 13.2 Å². The summed E-state index contributed by atoms with van der Waals surface area (Å²) in [4.78, 5) is 22.8. The van der Waals surface area contributed by atoms with E-state index in [-0.39, 0.29) is 24.6 Å². The number of guanidine groups is 1. The second kappa shape index (κ2) is 10.1. The topological polar surface area (TPSA) is 137 Å². The highest BCUT2D eigenvalue weighted by molar-refractivity contribution is 7.90. The minimum absolute atomic E-state index is 0.155. The molecule has 184 valence electrons. The monoisotopic (exact) mass is 502 g/mol. The Hall–Kier alpha value is -3.62. The van der Waals surface area contributed by atoms with Gasteiger partial charge >= 0.3 is 12.1 Å². The van der Waals surface area contributed by atoms with Crippen molar-refractivity contribution in [2.75, 3.05) is 37.3 Å². The molecule has 0 bridgehead atoms. The van der Waals surface area contributed by atoms with E-state index in [4.69, 9.17) is 9.94 Å². The van der Waals surface area contributed by atoms with E-state index < -0.39 is 27.9 Å². The number of nitrogens with zero attached hydrogens (tertiary/aromatic N) is 5. The van der Waals surface area contributed by atoms with Crippen LogP contribution in [0.1, 0.15) is 5.56 Å². The minimum Gasteiger partial charge on any atom is -0.486 e. The van der Waals surface area contributed by atoms with Gasteiger partial charge in [-0.25, -0.2) is 18.4 Å². The van der Waals surface area contributed by atoms with E-state index in [0.29, 0.717) is 24.8 Å². The van der Waals surface area contributed by atoms with Gasteiger partial charge in [0.2, 0.25) is 11.9 Å². The molecule has 15 heteroatoms. The molecule has 0 spiro atoms. The number of halogens is 3. The molecule has 1 amide bonds. The number of alkyl halides is 3. The maximum absolute atomic E-state index is 12.4. The number of hydrogen-bond donors (Lipinski definition) is 2. The third kappa shape index (κ3) is 6.46.